The summed E-state index contributed by atoms with van der Waals surface area (Å²) in [5.41, 5.74) is 1.30. The Bertz CT molecular complexity index is 564. The van der Waals surface area contributed by atoms with Crippen LogP contribution in [0.2, 0.25) is 10.0 Å². The van der Waals surface area contributed by atoms with Crippen molar-refractivity contribution in [3.05, 3.63) is 62.6 Å². The lowest BCUT2D eigenvalue weighted by Gasteiger charge is -2.03. The van der Waals surface area contributed by atoms with Crippen LogP contribution in [0, 0.1) is 16.2 Å². The third-order valence-corrected chi connectivity index (χ3v) is 2.61. The second-order valence-corrected chi connectivity index (χ2v) is 4.25. The van der Waals surface area contributed by atoms with E-state index in [1.807, 2.05) is 0 Å². The largest absolute Gasteiger partial charge is 0.270 e. The zero-order chi connectivity index (χ0) is 12.4. The monoisotopic (exact) mass is 266 g/mol. The van der Waals surface area contributed by atoms with Crippen molar-refractivity contribution in [3.8, 4) is 11.1 Å². The molecule has 5 heteroatoms. The number of nitrogens with zero attached hydrogens (tertiary/aromatic N) is 1. The highest BCUT2D eigenvalue weighted by Gasteiger charge is 2.08. The number of hydrogen-bond donors (Lipinski definition) is 0. The van der Waals surface area contributed by atoms with Crippen LogP contribution in [0.1, 0.15) is 0 Å². The second-order valence-electron chi connectivity index (χ2n) is 3.38. The summed E-state index contributed by atoms with van der Waals surface area (Å²) in [5, 5.41) is 11.6. The Labute approximate surface area is 108 Å². The molecule has 0 saturated carbocycles. The Morgan fingerprint density at radius 1 is 1.12 bits per heavy atom. The Balaban J connectivity index is 2.52. The van der Waals surface area contributed by atoms with E-state index >= 15 is 0 Å². The lowest BCUT2D eigenvalue weighted by Crippen LogP contribution is -1.88. The van der Waals surface area contributed by atoms with Crippen LogP contribution in [0.3, 0.4) is 0 Å². The van der Waals surface area contributed by atoms with Gasteiger partial charge in [-0.3, -0.25) is 10.1 Å². The third-order valence-electron chi connectivity index (χ3n) is 2.17. The number of halogens is 2. The van der Waals surface area contributed by atoms with E-state index in [0.717, 1.165) is 0 Å². The molecule has 0 amide bonds. The lowest BCUT2D eigenvalue weighted by atomic mass is 10.1. The van der Waals surface area contributed by atoms with E-state index in [1.54, 1.807) is 18.2 Å². The second kappa shape index (κ2) is 4.73. The minimum atomic E-state index is -0.455. The summed E-state index contributed by atoms with van der Waals surface area (Å²) in [4.78, 5) is 10.2. The average Bonchev–Trinajstić information content (AvgIpc) is 2.28. The summed E-state index contributed by atoms with van der Waals surface area (Å²) in [6, 6.07) is 12.2. The molecule has 1 radical (unpaired) electrons. The van der Waals surface area contributed by atoms with E-state index in [4.69, 9.17) is 23.2 Å². The van der Waals surface area contributed by atoms with Crippen LogP contribution >= 0.6 is 23.2 Å². The number of non-ortho nitro benzene ring substituents is 1. The van der Waals surface area contributed by atoms with Gasteiger partial charge in [-0.25, -0.2) is 0 Å². The van der Waals surface area contributed by atoms with Crippen molar-refractivity contribution in [3.63, 3.8) is 0 Å². The smallest absolute Gasteiger partial charge is 0.258 e. The van der Waals surface area contributed by atoms with Gasteiger partial charge in [-0.1, -0.05) is 23.2 Å². The molecule has 0 aromatic heterocycles. The SMILES string of the molecule is O=[N+]([O-])c1cc[c]c(-c2cc(Cl)cc(Cl)c2)c1. The van der Waals surface area contributed by atoms with E-state index < -0.39 is 4.92 Å². The first kappa shape index (κ1) is 11.9. The van der Waals surface area contributed by atoms with E-state index in [-0.39, 0.29) is 5.69 Å². The predicted octanol–water partition coefficient (Wildman–Crippen LogP) is 4.37. The van der Waals surface area contributed by atoms with Gasteiger partial charge in [-0.05, 0) is 41.5 Å². The molecule has 0 aliphatic carbocycles. The maximum Gasteiger partial charge on any atom is 0.270 e. The summed E-state index contributed by atoms with van der Waals surface area (Å²) >= 11 is 11.7. The highest BCUT2D eigenvalue weighted by atomic mass is 35.5. The number of benzene rings is 2. The Kier molecular flexibility index (Phi) is 3.31. The molecule has 0 unspecified atom stereocenters. The van der Waals surface area contributed by atoms with Gasteiger partial charge in [0.1, 0.15) is 0 Å². The molecule has 0 spiro atoms. The van der Waals surface area contributed by atoms with Crippen LogP contribution < -0.4 is 0 Å². The molecule has 0 saturated heterocycles. The van der Waals surface area contributed by atoms with Gasteiger partial charge in [0, 0.05) is 22.2 Å². The van der Waals surface area contributed by atoms with Crippen LogP contribution in [-0.2, 0) is 0 Å². The van der Waals surface area contributed by atoms with Crippen molar-refractivity contribution in [2.75, 3.05) is 0 Å². The molecule has 0 heterocycles. The third kappa shape index (κ3) is 2.75. The fraction of sp³-hybridized carbons (Fsp3) is 0. The van der Waals surface area contributed by atoms with Crippen LogP contribution in [0.5, 0.6) is 0 Å². The summed E-state index contributed by atoms with van der Waals surface area (Å²) < 4.78 is 0. The normalized spacial score (nSPS) is 10.2. The van der Waals surface area contributed by atoms with Gasteiger partial charge >= 0.3 is 0 Å². The fourth-order valence-corrected chi connectivity index (χ4v) is 1.97. The molecule has 3 nitrogen and oxygen atoms in total. The van der Waals surface area contributed by atoms with Gasteiger partial charge in [0.15, 0.2) is 0 Å². The standard InChI is InChI=1S/C12H6Cl2NO2/c13-10-4-9(5-11(14)7-10)8-2-1-3-12(6-8)15(16)17/h1,3-7H. The van der Waals surface area contributed by atoms with Crippen LogP contribution in [0.25, 0.3) is 11.1 Å². The molecule has 17 heavy (non-hydrogen) atoms. The Hall–Kier alpha value is -1.58. The van der Waals surface area contributed by atoms with Gasteiger partial charge in [0.25, 0.3) is 5.69 Å². The zero-order valence-electron chi connectivity index (χ0n) is 8.48. The highest BCUT2D eigenvalue weighted by Crippen LogP contribution is 2.28. The molecule has 0 aliphatic heterocycles. The molecule has 0 N–H and O–H groups in total. The lowest BCUT2D eigenvalue weighted by molar-refractivity contribution is -0.384. The van der Waals surface area contributed by atoms with E-state index in [0.29, 0.717) is 21.2 Å². The van der Waals surface area contributed by atoms with Crippen LogP contribution in [-0.4, -0.2) is 4.92 Å². The quantitative estimate of drug-likeness (QED) is 0.599. The average molecular weight is 267 g/mol. The van der Waals surface area contributed by atoms with E-state index in [1.165, 1.54) is 18.2 Å². The zero-order valence-corrected chi connectivity index (χ0v) is 10.00. The van der Waals surface area contributed by atoms with E-state index in [2.05, 4.69) is 6.07 Å². The molecule has 2 rings (SSSR count). The Morgan fingerprint density at radius 2 is 1.76 bits per heavy atom. The predicted molar refractivity (Wildman–Crippen MR) is 67.4 cm³/mol. The van der Waals surface area contributed by atoms with Gasteiger partial charge in [0.2, 0.25) is 0 Å². The summed E-state index contributed by atoms with van der Waals surface area (Å²) in [5.74, 6) is 0. The van der Waals surface area contributed by atoms with Crippen molar-refractivity contribution < 1.29 is 4.92 Å². The van der Waals surface area contributed by atoms with Crippen LogP contribution in [0.15, 0.2) is 36.4 Å². The number of nitro groups is 1. The van der Waals surface area contributed by atoms with Gasteiger partial charge in [-0.2, -0.15) is 0 Å². The topological polar surface area (TPSA) is 43.1 Å². The minimum Gasteiger partial charge on any atom is -0.258 e. The molecule has 2 aromatic carbocycles. The Morgan fingerprint density at radius 3 is 2.35 bits per heavy atom. The van der Waals surface area contributed by atoms with Crippen LogP contribution in [0.4, 0.5) is 5.69 Å². The van der Waals surface area contributed by atoms with Crippen molar-refractivity contribution in [1.29, 1.82) is 0 Å². The van der Waals surface area contributed by atoms with Crippen molar-refractivity contribution in [1.82, 2.24) is 0 Å². The van der Waals surface area contributed by atoms with Gasteiger partial charge < -0.3 is 0 Å². The molecule has 85 valence electrons. The van der Waals surface area contributed by atoms with Crippen molar-refractivity contribution in [2.24, 2.45) is 0 Å². The summed E-state index contributed by atoms with van der Waals surface area (Å²) in [7, 11) is 0. The van der Waals surface area contributed by atoms with Gasteiger partial charge in [-0.15, -0.1) is 0 Å². The highest BCUT2D eigenvalue weighted by molar-refractivity contribution is 6.35. The maximum atomic E-state index is 10.7. The maximum absolute atomic E-state index is 10.7. The molecule has 0 aliphatic rings. The number of rotatable bonds is 2. The minimum absolute atomic E-state index is 0.00912. The molecule has 0 fully saturated rings. The molecule has 0 bridgehead atoms. The summed E-state index contributed by atoms with van der Waals surface area (Å²) in [6.07, 6.45) is 0. The molecular formula is C12H6Cl2NO2. The summed E-state index contributed by atoms with van der Waals surface area (Å²) in [6.45, 7) is 0. The fourth-order valence-electron chi connectivity index (χ4n) is 1.44. The van der Waals surface area contributed by atoms with Crippen molar-refractivity contribution in [2.45, 2.75) is 0 Å². The van der Waals surface area contributed by atoms with Crippen molar-refractivity contribution >= 4 is 28.9 Å². The molecule has 2 aromatic rings. The number of hydrogen-bond acceptors (Lipinski definition) is 2. The first-order valence-corrected chi connectivity index (χ1v) is 5.44. The number of nitro benzene ring substituents is 1. The first-order valence-electron chi connectivity index (χ1n) is 4.69. The molecule has 0 atom stereocenters. The van der Waals surface area contributed by atoms with E-state index in [9.17, 15) is 10.1 Å². The van der Waals surface area contributed by atoms with Gasteiger partial charge in [0.05, 0.1) is 4.92 Å². The first-order chi connectivity index (χ1) is 8.06. The molecular weight excluding hydrogens is 261 g/mol.